The van der Waals surface area contributed by atoms with Crippen LogP contribution >= 0.6 is 0 Å². The van der Waals surface area contributed by atoms with E-state index in [0.717, 1.165) is 10.5 Å². The Balaban J connectivity index is 1.97. The SMILES string of the molecule is Cc1ccc(OCC(=O)N2C[C@@H](C(F)(F)F)[C@H](C(=O)O)C2)cc1. The lowest BCUT2D eigenvalue weighted by Gasteiger charge is -2.18. The van der Waals surface area contributed by atoms with Gasteiger partial charge in [-0.05, 0) is 19.1 Å². The fraction of sp³-hybridized carbons (Fsp3) is 0.467. The van der Waals surface area contributed by atoms with E-state index in [2.05, 4.69) is 0 Å². The molecule has 1 aromatic rings. The summed E-state index contributed by atoms with van der Waals surface area (Å²) >= 11 is 0. The van der Waals surface area contributed by atoms with Crippen LogP contribution in [-0.4, -0.2) is 47.8 Å². The number of carboxylic acids is 1. The van der Waals surface area contributed by atoms with Crippen molar-refractivity contribution in [1.82, 2.24) is 4.90 Å². The van der Waals surface area contributed by atoms with Crippen molar-refractivity contribution in [3.8, 4) is 5.75 Å². The van der Waals surface area contributed by atoms with Crippen molar-refractivity contribution in [1.29, 1.82) is 0 Å². The molecule has 1 saturated heterocycles. The lowest BCUT2D eigenvalue weighted by molar-refractivity contribution is -0.188. The molecule has 1 aliphatic heterocycles. The maximum atomic E-state index is 12.9. The first kappa shape index (κ1) is 17.1. The molecule has 0 saturated carbocycles. The van der Waals surface area contributed by atoms with Crippen molar-refractivity contribution in [2.24, 2.45) is 11.8 Å². The molecule has 1 heterocycles. The summed E-state index contributed by atoms with van der Waals surface area (Å²) in [5.41, 5.74) is 1.00. The number of likely N-dealkylation sites (tertiary alicyclic amines) is 1. The first-order valence-corrected chi connectivity index (χ1v) is 6.95. The number of nitrogens with zero attached hydrogens (tertiary/aromatic N) is 1. The van der Waals surface area contributed by atoms with Crippen LogP contribution in [0.3, 0.4) is 0 Å². The number of aryl methyl sites for hydroxylation is 1. The van der Waals surface area contributed by atoms with Gasteiger partial charge in [-0.15, -0.1) is 0 Å². The molecule has 0 unspecified atom stereocenters. The number of benzene rings is 1. The number of aliphatic carboxylic acids is 1. The minimum Gasteiger partial charge on any atom is -0.484 e. The van der Waals surface area contributed by atoms with Gasteiger partial charge in [-0.25, -0.2) is 0 Å². The van der Waals surface area contributed by atoms with Gasteiger partial charge in [0.05, 0.1) is 11.8 Å². The normalized spacial score (nSPS) is 21.3. The summed E-state index contributed by atoms with van der Waals surface area (Å²) in [4.78, 5) is 23.8. The molecule has 8 heteroatoms. The molecule has 2 rings (SSSR count). The molecule has 23 heavy (non-hydrogen) atoms. The molecule has 0 radical (unpaired) electrons. The Morgan fingerprint density at radius 1 is 1.26 bits per heavy atom. The number of amides is 1. The molecule has 0 bridgehead atoms. The van der Waals surface area contributed by atoms with Crippen LogP contribution in [0.15, 0.2) is 24.3 Å². The molecule has 1 aromatic carbocycles. The standard InChI is InChI=1S/C15H16F3NO4/c1-9-2-4-10(5-3-9)23-8-13(20)19-6-11(14(21)22)12(7-19)15(16,17)18/h2-5,11-12H,6-8H2,1H3,(H,21,22)/t11-,12-/m1/s1. The number of ether oxygens (including phenoxy) is 1. The van der Waals surface area contributed by atoms with E-state index in [0.29, 0.717) is 5.75 Å². The van der Waals surface area contributed by atoms with Crippen LogP contribution in [0.4, 0.5) is 13.2 Å². The number of carbonyl (C=O) groups is 2. The summed E-state index contributed by atoms with van der Waals surface area (Å²) in [6, 6.07) is 6.84. The fourth-order valence-electron chi connectivity index (χ4n) is 2.46. The van der Waals surface area contributed by atoms with Crippen LogP contribution in [0.2, 0.25) is 0 Å². The van der Waals surface area contributed by atoms with Gasteiger partial charge in [-0.1, -0.05) is 17.7 Å². The lowest BCUT2D eigenvalue weighted by Crippen LogP contribution is -2.35. The van der Waals surface area contributed by atoms with Gasteiger partial charge in [0.15, 0.2) is 6.61 Å². The highest BCUT2D eigenvalue weighted by Crippen LogP contribution is 2.37. The summed E-state index contributed by atoms with van der Waals surface area (Å²) in [6.45, 7) is 0.328. The maximum absolute atomic E-state index is 12.9. The lowest BCUT2D eigenvalue weighted by atomic mass is 9.96. The molecule has 0 spiro atoms. The third-order valence-electron chi connectivity index (χ3n) is 3.79. The first-order valence-electron chi connectivity index (χ1n) is 6.95. The van der Waals surface area contributed by atoms with Gasteiger partial charge in [-0.3, -0.25) is 9.59 Å². The Labute approximate surface area is 130 Å². The van der Waals surface area contributed by atoms with E-state index in [1.807, 2.05) is 6.92 Å². The summed E-state index contributed by atoms with van der Waals surface area (Å²) < 4.78 is 43.8. The molecular weight excluding hydrogens is 315 g/mol. The van der Waals surface area contributed by atoms with E-state index in [4.69, 9.17) is 9.84 Å². The first-order chi connectivity index (χ1) is 10.7. The fourth-order valence-corrected chi connectivity index (χ4v) is 2.46. The number of rotatable bonds is 4. The Morgan fingerprint density at radius 3 is 2.35 bits per heavy atom. The predicted molar refractivity (Wildman–Crippen MR) is 73.9 cm³/mol. The zero-order valence-electron chi connectivity index (χ0n) is 12.3. The number of hydrogen-bond acceptors (Lipinski definition) is 3. The van der Waals surface area contributed by atoms with Crippen molar-refractivity contribution in [3.05, 3.63) is 29.8 Å². The van der Waals surface area contributed by atoms with Crippen molar-refractivity contribution >= 4 is 11.9 Å². The van der Waals surface area contributed by atoms with Gasteiger partial charge in [0.2, 0.25) is 0 Å². The molecule has 1 N–H and O–H groups in total. The third kappa shape index (κ3) is 4.14. The van der Waals surface area contributed by atoms with Gasteiger partial charge in [0.1, 0.15) is 5.75 Å². The predicted octanol–water partition coefficient (Wildman–Crippen LogP) is 2.10. The molecule has 0 aromatic heterocycles. The van der Waals surface area contributed by atoms with Crippen LogP contribution in [0.1, 0.15) is 5.56 Å². The largest absolute Gasteiger partial charge is 0.484 e. The molecule has 1 fully saturated rings. The Morgan fingerprint density at radius 2 is 1.87 bits per heavy atom. The van der Waals surface area contributed by atoms with Crippen molar-refractivity contribution in [3.63, 3.8) is 0 Å². The highest BCUT2D eigenvalue weighted by Gasteiger charge is 2.53. The second-order valence-electron chi connectivity index (χ2n) is 5.49. The number of carbonyl (C=O) groups excluding carboxylic acids is 1. The summed E-state index contributed by atoms with van der Waals surface area (Å²) in [5.74, 6) is -5.49. The highest BCUT2D eigenvalue weighted by molar-refractivity contribution is 5.80. The van der Waals surface area contributed by atoms with Gasteiger partial charge in [0, 0.05) is 13.1 Å². The molecule has 126 valence electrons. The molecule has 1 aliphatic rings. The summed E-state index contributed by atoms with van der Waals surface area (Å²) in [5, 5.41) is 8.91. The van der Waals surface area contributed by atoms with E-state index in [9.17, 15) is 22.8 Å². The van der Waals surface area contributed by atoms with E-state index in [1.165, 1.54) is 0 Å². The van der Waals surface area contributed by atoms with Crippen LogP contribution in [0.25, 0.3) is 0 Å². The van der Waals surface area contributed by atoms with Gasteiger partial charge in [0.25, 0.3) is 5.91 Å². The van der Waals surface area contributed by atoms with E-state index in [1.54, 1.807) is 24.3 Å². The third-order valence-corrected chi connectivity index (χ3v) is 3.79. The Kier molecular flexibility index (Phi) is 4.82. The second kappa shape index (κ2) is 6.47. The average Bonchev–Trinajstić information content (AvgIpc) is 2.92. The smallest absolute Gasteiger partial charge is 0.394 e. The van der Waals surface area contributed by atoms with E-state index < -0.39 is 49.6 Å². The van der Waals surface area contributed by atoms with Crippen LogP contribution < -0.4 is 4.74 Å². The number of carboxylic acid groups (broad SMARTS) is 1. The molecular formula is C15H16F3NO4. The molecule has 0 aliphatic carbocycles. The Bertz CT molecular complexity index is 585. The summed E-state index contributed by atoms with van der Waals surface area (Å²) in [6.07, 6.45) is -4.66. The zero-order valence-corrected chi connectivity index (χ0v) is 12.3. The van der Waals surface area contributed by atoms with Crippen molar-refractivity contribution in [2.75, 3.05) is 19.7 Å². The van der Waals surface area contributed by atoms with Crippen LogP contribution in [0.5, 0.6) is 5.75 Å². The number of alkyl halides is 3. The minimum absolute atomic E-state index is 0.422. The number of hydrogen-bond donors (Lipinski definition) is 1. The van der Waals surface area contributed by atoms with Crippen LogP contribution in [0, 0.1) is 18.8 Å². The second-order valence-corrected chi connectivity index (χ2v) is 5.49. The van der Waals surface area contributed by atoms with Gasteiger partial charge < -0.3 is 14.7 Å². The molecule has 2 atom stereocenters. The summed E-state index contributed by atoms with van der Waals surface area (Å²) in [7, 11) is 0. The van der Waals surface area contributed by atoms with Crippen molar-refractivity contribution in [2.45, 2.75) is 13.1 Å². The molecule has 1 amide bonds. The monoisotopic (exact) mass is 331 g/mol. The van der Waals surface area contributed by atoms with Gasteiger partial charge in [-0.2, -0.15) is 13.2 Å². The number of halogens is 3. The topological polar surface area (TPSA) is 66.8 Å². The highest BCUT2D eigenvalue weighted by atomic mass is 19.4. The Hall–Kier alpha value is -2.25. The average molecular weight is 331 g/mol. The van der Waals surface area contributed by atoms with Gasteiger partial charge >= 0.3 is 12.1 Å². The minimum atomic E-state index is -4.66. The zero-order chi connectivity index (χ0) is 17.2. The van der Waals surface area contributed by atoms with E-state index in [-0.39, 0.29) is 0 Å². The van der Waals surface area contributed by atoms with Crippen LogP contribution in [-0.2, 0) is 9.59 Å². The molecule has 5 nitrogen and oxygen atoms in total. The maximum Gasteiger partial charge on any atom is 0.394 e. The van der Waals surface area contributed by atoms with Crippen molar-refractivity contribution < 1.29 is 32.6 Å². The van der Waals surface area contributed by atoms with E-state index >= 15 is 0 Å². The quantitative estimate of drug-likeness (QED) is 0.917.